The number of piperidine rings is 1. The molecule has 2 aliphatic rings. The van der Waals surface area contributed by atoms with Gasteiger partial charge in [-0.1, -0.05) is 17.3 Å². The summed E-state index contributed by atoms with van der Waals surface area (Å²) in [6.07, 6.45) is 3.70. The number of benzene rings is 1. The van der Waals surface area contributed by atoms with Crippen LogP contribution in [-0.2, 0) is 9.63 Å². The van der Waals surface area contributed by atoms with Crippen molar-refractivity contribution in [3.8, 4) is 0 Å². The van der Waals surface area contributed by atoms with Crippen LogP contribution in [0.15, 0.2) is 29.4 Å². The summed E-state index contributed by atoms with van der Waals surface area (Å²) in [5.41, 5.74) is 0.565. The van der Waals surface area contributed by atoms with Crippen molar-refractivity contribution in [2.75, 3.05) is 13.1 Å². The molecule has 1 amide bonds. The Morgan fingerprint density at radius 3 is 2.57 bits per heavy atom. The molecule has 0 N–H and O–H groups in total. The minimum atomic E-state index is -0.930. The number of halogens is 1. The number of carbonyl (C=O) groups is 1. The number of hydrogen-bond acceptors (Lipinski definition) is 3. The van der Waals surface area contributed by atoms with Crippen LogP contribution >= 0.6 is 0 Å². The second-order valence-corrected chi connectivity index (χ2v) is 5.90. The van der Waals surface area contributed by atoms with E-state index >= 15 is 0 Å². The van der Waals surface area contributed by atoms with Crippen LogP contribution in [0.1, 0.15) is 38.2 Å². The van der Waals surface area contributed by atoms with E-state index in [1.165, 1.54) is 18.6 Å². The van der Waals surface area contributed by atoms with E-state index in [-0.39, 0.29) is 11.7 Å². The average molecular weight is 290 g/mol. The molecule has 2 heterocycles. The molecule has 21 heavy (non-hydrogen) atoms. The quantitative estimate of drug-likeness (QED) is 0.840. The van der Waals surface area contributed by atoms with E-state index in [1.807, 2.05) is 4.90 Å². The Kier molecular flexibility index (Phi) is 3.66. The molecule has 1 aromatic rings. The standard InChI is InChI=1S/C16H19FN2O2/c1-16(15(20)19-9-3-2-4-10-19)11-14(18-21-16)12-5-7-13(17)8-6-12/h5-8H,2-4,9-11H2,1H3. The molecule has 1 fully saturated rings. The van der Waals surface area contributed by atoms with Crippen molar-refractivity contribution in [1.82, 2.24) is 4.90 Å². The fourth-order valence-electron chi connectivity index (χ4n) is 2.88. The molecular formula is C16H19FN2O2. The molecule has 1 unspecified atom stereocenters. The minimum absolute atomic E-state index is 0.00283. The zero-order chi connectivity index (χ0) is 14.9. The molecule has 0 radical (unpaired) electrons. The third-order valence-corrected chi connectivity index (χ3v) is 4.14. The van der Waals surface area contributed by atoms with E-state index in [9.17, 15) is 9.18 Å². The van der Waals surface area contributed by atoms with Crippen molar-refractivity contribution in [2.24, 2.45) is 5.16 Å². The smallest absolute Gasteiger partial charge is 0.269 e. The first-order chi connectivity index (χ1) is 10.1. The molecule has 0 saturated carbocycles. The number of likely N-dealkylation sites (tertiary alicyclic amines) is 1. The van der Waals surface area contributed by atoms with E-state index < -0.39 is 5.60 Å². The second-order valence-electron chi connectivity index (χ2n) is 5.90. The summed E-state index contributed by atoms with van der Waals surface area (Å²) in [4.78, 5) is 19.9. The number of rotatable bonds is 2. The van der Waals surface area contributed by atoms with Gasteiger partial charge in [-0.15, -0.1) is 0 Å². The summed E-state index contributed by atoms with van der Waals surface area (Å²) in [7, 11) is 0. The molecule has 0 aliphatic carbocycles. The Hall–Kier alpha value is -1.91. The Morgan fingerprint density at radius 1 is 1.24 bits per heavy atom. The van der Waals surface area contributed by atoms with Crippen LogP contribution in [-0.4, -0.2) is 35.2 Å². The third kappa shape index (κ3) is 2.77. The largest absolute Gasteiger partial charge is 0.379 e. The van der Waals surface area contributed by atoms with Gasteiger partial charge in [0.25, 0.3) is 5.91 Å². The Bertz CT molecular complexity index is 564. The lowest BCUT2D eigenvalue weighted by atomic mass is 9.94. The summed E-state index contributed by atoms with van der Waals surface area (Å²) in [5.74, 6) is -0.284. The number of carbonyl (C=O) groups excluding carboxylic acids is 1. The van der Waals surface area contributed by atoms with Crippen LogP contribution in [0.5, 0.6) is 0 Å². The first-order valence-electron chi connectivity index (χ1n) is 7.39. The van der Waals surface area contributed by atoms with Crippen LogP contribution < -0.4 is 0 Å². The van der Waals surface area contributed by atoms with Gasteiger partial charge in [-0.05, 0) is 43.9 Å². The minimum Gasteiger partial charge on any atom is -0.379 e. The van der Waals surface area contributed by atoms with E-state index in [0.29, 0.717) is 12.1 Å². The Balaban J connectivity index is 1.71. The third-order valence-electron chi connectivity index (χ3n) is 4.14. The van der Waals surface area contributed by atoms with Crippen molar-refractivity contribution in [3.05, 3.63) is 35.6 Å². The fourth-order valence-corrected chi connectivity index (χ4v) is 2.88. The van der Waals surface area contributed by atoms with E-state index in [1.54, 1.807) is 19.1 Å². The molecule has 2 aliphatic heterocycles. The van der Waals surface area contributed by atoms with Crippen LogP contribution in [0.3, 0.4) is 0 Å². The summed E-state index contributed by atoms with van der Waals surface area (Å²) in [6.45, 7) is 3.37. The fraction of sp³-hybridized carbons (Fsp3) is 0.500. The summed E-state index contributed by atoms with van der Waals surface area (Å²) in [5, 5.41) is 4.05. The van der Waals surface area contributed by atoms with Crippen molar-refractivity contribution in [1.29, 1.82) is 0 Å². The maximum Gasteiger partial charge on any atom is 0.269 e. The van der Waals surface area contributed by atoms with E-state index in [4.69, 9.17) is 4.84 Å². The van der Waals surface area contributed by atoms with Crippen molar-refractivity contribution < 1.29 is 14.0 Å². The summed E-state index contributed by atoms with van der Waals surface area (Å²) >= 11 is 0. The summed E-state index contributed by atoms with van der Waals surface area (Å²) < 4.78 is 13.0. The Labute approximate surface area is 123 Å². The van der Waals surface area contributed by atoms with E-state index in [0.717, 1.165) is 31.5 Å². The van der Waals surface area contributed by atoms with Gasteiger partial charge in [-0.2, -0.15) is 0 Å². The zero-order valence-electron chi connectivity index (χ0n) is 12.1. The van der Waals surface area contributed by atoms with Crippen molar-refractivity contribution in [2.45, 2.75) is 38.2 Å². The van der Waals surface area contributed by atoms with Crippen LogP contribution in [0, 0.1) is 5.82 Å². The molecule has 112 valence electrons. The van der Waals surface area contributed by atoms with Gasteiger partial charge >= 0.3 is 0 Å². The van der Waals surface area contributed by atoms with Gasteiger partial charge in [-0.25, -0.2) is 4.39 Å². The van der Waals surface area contributed by atoms with Gasteiger partial charge in [0, 0.05) is 19.5 Å². The molecule has 1 saturated heterocycles. The van der Waals surface area contributed by atoms with Crippen molar-refractivity contribution in [3.63, 3.8) is 0 Å². The van der Waals surface area contributed by atoms with Gasteiger partial charge < -0.3 is 9.74 Å². The predicted molar refractivity (Wildman–Crippen MR) is 77.5 cm³/mol. The van der Waals surface area contributed by atoms with E-state index in [2.05, 4.69) is 5.16 Å². The Morgan fingerprint density at radius 2 is 1.90 bits per heavy atom. The monoisotopic (exact) mass is 290 g/mol. The molecule has 5 heteroatoms. The topological polar surface area (TPSA) is 41.9 Å². The summed E-state index contributed by atoms with van der Waals surface area (Å²) in [6, 6.07) is 6.10. The molecule has 0 bridgehead atoms. The lowest BCUT2D eigenvalue weighted by molar-refractivity contribution is -0.154. The second kappa shape index (κ2) is 5.47. The molecule has 0 spiro atoms. The number of nitrogens with zero attached hydrogens (tertiary/aromatic N) is 2. The molecule has 0 aromatic heterocycles. The lowest BCUT2D eigenvalue weighted by Crippen LogP contribution is -2.49. The predicted octanol–water partition coefficient (Wildman–Crippen LogP) is 2.72. The average Bonchev–Trinajstić information content (AvgIpc) is 2.92. The first-order valence-corrected chi connectivity index (χ1v) is 7.39. The van der Waals surface area contributed by atoms with Gasteiger partial charge in [0.2, 0.25) is 5.60 Å². The maximum atomic E-state index is 13.0. The van der Waals surface area contributed by atoms with Gasteiger partial charge in [0.15, 0.2) is 0 Å². The first kappa shape index (κ1) is 14.0. The van der Waals surface area contributed by atoms with Gasteiger partial charge in [0.1, 0.15) is 5.82 Å². The number of hydrogen-bond donors (Lipinski definition) is 0. The number of oxime groups is 1. The van der Waals surface area contributed by atoms with Crippen LogP contribution in [0.4, 0.5) is 4.39 Å². The molecule has 1 atom stereocenters. The van der Waals surface area contributed by atoms with Crippen molar-refractivity contribution >= 4 is 11.6 Å². The highest BCUT2D eigenvalue weighted by Crippen LogP contribution is 2.29. The molecule has 4 nitrogen and oxygen atoms in total. The maximum absolute atomic E-state index is 13.0. The van der Waals surface area contributed by atoms with Gasteiger partial charge in [-0.3, -0.25) is 4.79 Å². The highest BCUT2D eigenvalue weighted by Gasteiger charge is 2.44. The molecular weight excluding hydrogens is 271 g/mol. The molecule has 3 rings (SSSR count). The normalized spacial score (nSPS) is 25.4. The van der Waals surface area contributed by atoms with Gasteiger partial charge in [0.05, 0.1) is 5.71 Å². The molecule has 1 aromatic carbocycles. The number of amides is 1. The highest BCUT2D eigenvalue weighted by molar-refractivity contribution is 6.05. The van der Waals surface area contributed by atoms with Crippen LogP contribution in [0.25, 0.3) is 0 Å². The van der Waals surface area contributed by atoms with Crippen LogP contribution in [0.2, 0.25) is 0 Å². The SMILES string of the molecule is CC1(C(=O)N2CCCCC2)CC(c2ccc(F)cc2)=NO1. The zero-order valence-corrected chi connectivity index (χ0v) is 12.1. The lowest BCUT2D eigenvalue weighted by Gasteiger charge is -2.32. The highest BCUT2D eigenvalue weighted by atomic mass is 19.1.